The molecule has 4 rings (SSSR count). The Morgan fingerprint density at radius 1 is 1.38 bits per heavy atom. The lowest BCUT2D eigenvalue weighted by atomic mass is 10.1. The van der Waals surface area contributed by atoms with Gasteiger partial charge in [0.2, 0.25) is 0 Å². The molecule has 0 aliphatic carbocycles. The van der Waals surface area contributed by atoms with E-state index >= 15 is 0 Å². The molecule has 3 heterocycles. The number of methoxy groups -OCH3 is 1. The first kappa shape index (κ1) is 20.6. The molecule has 2 N–H and O–H groups in total. The zero-order valence-corrected chi connectivity index (χ0v) is 16.7. The summed E-state index contributed by atoms with van der Waals surface area (Å²) >= 11 is 0. The molecule has 0 amide bonds. The van der Waals surface area contributed by atoms with Gasteiger partial charge >= 0.3 is 0 Å². The zero-order valence-electron chi connectivity index (χ0n) is 16.7. The molecule has 2 aromatic heterocycles. The summed E-state index contributed by atoms with van der Waals surface area (Å²) in [6.07, 6.45) is 6.18. The number of likely N-dealkylation sites (N-methyl/N-ethyl adjacent to an activating group) is 1. The molecular weight excluding hydrogens is 372 g/mol. The van der Waals surface area contributed by atoms with Crippen molar-refractivity contribution in [3.63, 3.8) is 0 Å². The number of hydrogen-bond donors (Lipinski definition) is 2. The number of imidazole rings is 1. The van der Waals surface area contributed by atoms with Crippen LogP contribution in [0.15, 0.2) is 41.5 Å². The number of aromatic nitrogens is 3. The van der Waals surface area contributed by atoms with Crippen LogP contribution in [0.4, 0.5) is 0 Å². The number of carbonyl (C=O) groups is 1. The van der Waals surface area contributed by atoms with Gasteiger partial charge in [-0.3, -0.25) is 14.5 Å². The highest BCUT2D eigenvalue weighted by Crippen LogP contribution is 2.24. The number of fused-ring (bicyclic) bond motifs is 1. The Balaban J connectivity index is 0.000000755. The number of benzene rings is 1. The van der Waals surface area contributed by atoms with Gasteiger partial charge in [-0.05, 0) is 49.5 Å². The third-order valence-corrected chi connectivity index (χ3v) is 5.32. The number of H-pyrrole nitrogens is 1. The fourth-order valence-electron chi connectivity index (χ4n) is 3.92. The van der Waals surface area contributed by atoms with Gasteiger partial charge in [0.25, 0.3) is 12.0 Å². The van der Waals surface area contributed by atoms with Gasteiger partial charge in [0, 0.05) is 31.0 Å². The van der Waals surface area contributed by atoms with Crippen molar-refractivity contribution in [2.45, 2.75) is 32.4 Å². The van der Waals surface area contributed by atoms with Crippen LogP contribution in [0.2, 0.25) is 0 Å². The van der Waals surface area contributed by atoms with Crippen LogP contribution in [0.1, 0.15) is 19.8 Å². The van der Waals surface area contributed by atoms with Gasteiger partial charge in [0.05, 0.1) is 18.2 Å². The first-order valence-electron chi connectivity index (χ1n) is 9.65. The minimum Gasteiger partial charge on any atom is -0.497 e. The standard InChI is InChI=1S/C20H24N4O2.CH2O2/c1-3-23-9-4-5-15(23)13-24-10-8-21-19(24)17-11-14-6-7-16(26-2)12-18(14)22-20(17)25;2-1-3/h6-8,10-12,15H,3-5,9,13H2,1-2H3,(H,22,25);1H,(H,2,3)/t15-;/m0./s1. The van der Waals surface area contributed by atoms with Gasteiger partial charge < -0.3 is 19.4 Å². The molecule has 1 saturated heterocycles. The minimum absolute atomic E-state index is 0.128. The maximum absolute atomic E-state index is 12.7. The summed E-state index contributed by atoms with van der Waals surface area (Å²) in [5.74, 6) is 1.45. The number of pyridine rings is 1. The van der Waals surface area contributed by atoms with E-state index in [1.54, 1.807) is 13.3 Å². The topological polar surface area (TPSA) is 100 Å². The number of nitrogens with zero attached hydrogens (tertiary/aromatic N) is 3. The van der Waals surface area contributed by atoms with Crippen molar-refractivity contribution in [3.05, 3.63) is 47.0 Å². The third kappa shape index (κ3) is 4.48. The molecule has 1 aromatic carbocycles. The molecule has 0 unspecified atom stereocenters. The van der Waals surface area contributed by atoms with Crippen LogP contribution in [0.3, 0.4) is 0 Å². The van der Waals surface area contributed by atoms with E-state index < -0.39 is 0 Å². The highest BCUT2D eigenvalue weighted by Gasteiger charge is 2.24. The molecule has 0 spiro atoms. The third-order valence-electron chi connectivity index (χ3n) is 5.32. The van der Waals surface area contributed by atoms with Crippen LogP contribution in [-0.4, -0.2) is 57.3 Å². The Labute approximate surface area is 168 Å². The number of nitrogens with one attached hydrogen (secondary N) is 1. The lowest BCUT2D eigenvalue weighted by Crippen LogP contribution is -2.32. The highest BCUT2D eigenvalue weighted by atomic mass is 16.5. The molecule has 1 fully saturated rings. The van der Waals surface area contributed by atoms with Crippen LogP contribution in [0.25, 0.3) is 22.3 Å². The number of ether oxygens (including phenoxy) is 1. The van der Waals surface area contributed by atoms with Gasteiger partial charge in [0.1, 0.15) is 11.6 Å². The normalized spacial score (nSPS) is 16.4. The van der Waals surface area contributed by atoms with Gasteiger partial charge in [-0.15, -0.1) is 0 Å². The van der Waals surface area contributed by atoms with E-state index in [2.05, 4.69) is 26.4 Å². The molecule has 8 heteroatoms. The van der Waals surface area contributed by atoms with E-state index in [9.17, 15) is 4.79 Å². The molecule has 154 valence electrons. The summed E-state index contributed by atoms with van der Waals surface area (Å²) in [6.45, 7) is 5.04. The Bertz CT molecular complexity index is 1030. The van der Waals surface area contributed by atoms with Crippen LogP contribution < -0.4 is 10.3 Å². The van der Waals surface area contributed by atoms with Crippen molar-refractivity contribution < 1.29 is 14.6 Å². The van der Waals surface area contributed by atoms with E-state index in [0.717, 1.165) is 42.1 Å². The van der Waals surface area contributed by atoms with Crippen molar-refractivity contribution >= 4 is 17.4 Å². The maximum Gasteiger partial charge on any atom is 0.290 e. The van der Waals surface area contributed by atoms with Gasteiger partial charge in [-0.2, -0.15) is 0 Å². The van der Waals surface area contributed by atoms with Crippen LogP contribution in [-0.2, 0) is 11.3 Å². The number of rotatable bonds is 5. The molecule has 1 aliphatic rings. The largest absolute Gasteiger partial charge is 0.497 e. The highest BCUT2D eigenvalue weighted by molar-refractivity contribution is 5.83. The smallest absolute Gasteiger partial charge is 0.290 e. The maximum atomic E-state index is 12.7. The molecular formula is C21H26N4O4. The monoisotopic (exact) mass is 398 g/mol. The first-order valence-corrected chi connectivity index (χ1v) is 9.65. The quantitative estimate of drug-likeness (QED) is 0.641. The SMILES string of the molecule is CCN1CCC[C@H]1Cn1ccnc1-c1cc2ccc(OC)cc2[nH]c1=O.O=CO. The predicted octanol–water partition coefficient (Wildman–Crippen LogP) is 2.59. The molecule has 0 radical (unpaired) electrons. The number of aromatic amines is 1. The number of hydrogen-bond acceptors (Lipinski definition) is 5. The van der Waals surface area contributed by atoms with Gasteiger partial charge in [0.15, 0.2) is 0 Å². The van der Waals surface area contributed by atoms with Crippen LogP contribution >= 0.6 is 0 Å². The average molecular weight is 398 g/mol. The van der Waals surface area contributed by atoms with E-state index in [1.807, 2.05) is 30.5 Å². The molecule has 8 nitrogen and oxygen atoms in total. The van der Waals surface area contributed by atoms with Crippen molar-refractivity contribution in [1.29, 1.82) is 0 Å². The fraction of sp³-hybridized carbons (Fsp3) is 0.381. The Kier molecular flexibility index (Phi) is 6.66. The number of carboxylic acid groups (broad SMARTS) is 1. The van der Waals surface area contributed by atoms with E-state index in [0.29, 0.717) is 11.6 Å². The second-order valence-electron chi connectivity index (χ2n) is 6.90. The summed E-state index contributed by atoms with van der Waals surface area (Å²) in [5, 5.41) is 7.85. The molecule has 29 heavy (non-hydrogen) atoms. The lowest BCUT2D eigenvalue weighted by Gasteiger charge is -2.23. The second kappa shape index (κ2) is 9.38. The van der Waals surface area contributed by atoms with Crippen LogP contribution in [0.5, 0.6) is 5.75 Å². The van der Waals surface area contributed by atoms with Gasteiger partial charge in [-0.1, -0.05) is 6.92 Å². The van der Waals surface area contributed by atoms with Gasteiger partial charge in [-0.25, -0.2) is 4.98 Å². The minimum atomic E-state index is -0.250. The molecule has 1 atom stereocenters. The molecule has 0 saturated carbocycles. The average Bonchev–Trinajstić information content (AvgIpc) is 3.37. The summed E-state index contributed by atoms with van der Waals surface area (Å²) in [7, 11) is 1.62. The summed E-state index contributed by atoms with van der Waals surface area (Å²) < 4.78 is 7.35. The van der Waals surface area contributed by atoms with Crippen LogP contribution in [0, 0.1) is 0 Å². The lowest BCUT2D eigenvalue weighted by molar-refractivity contribution is -0.122. The fourth-order valence-corrected chi connectivity index (χ4v) is 3.92. The number of likely N-dealkylation sites (tertiary alicyclic amines) is 1. The zero-order chi connectivity index (χ0) is 20.8. The predicted molar refractivity (Wildman–Crippen MR) is 111 cm³/mol. The summed E-state index contributed by atoms with van der Waals surface area (Å²) in [4.78, 5) is 31.0. The Morgan fingerprint density at radius 3 is 2.90 bits per heavy atom. The molecule has 1 aliphatic heterocycles. The summed E-state index contributed by atoms with van der Waals surface area (Å²) in [6, 6.07) is 8.12. The van der Waals surface area contributed by atoms with E-state index in [1.165, 1.54) is 12.8 Å². The Morgan fingerprint density at radius 2 is 2.17 bits per heavy atom. The van der Waals surface area contributed by atoms with E-state index in [4.69, 9.17) is 14.6 Å². The molecule has 0 bridgehead atoms. The summed E-state index contributed by atoms with van der Waals surface area (Å²) in [5.41, 5.74) is 1.25. The van der Waals surface area contributed by atoms with Crippen molar-refractivity contribution in [2.75, 3.05) is 20.2 Å². The first-order chi connectivity index (χ1) is 14.1. The van der Waals surface area contributed by atoms with Crippen molar-refractivity contribution in [1.82, 2.24) is 19.4 Å². The molecule has 3 aromatic rings. The van der Waals surface area contributed by atoms with Crippen molar-refractivity contribution in [2.24, 2.45) is 0 Å². The van der Waals surface area contributed by atoms with E-state index in [-0.39, 0.29) is 12.0 Å². The Hall–Kier alpha value is -3.13. The van der Waals surface area contributed by atoms with Crippen molar-refractivity contribution in [3.8, 4) is 17.1 Å². The second-order valence-corrected chi connectivity index (χ2v) is 6.90.